The molecule has 0 saturated heterocycles. The van der Waals surface area contributed by atoms with Gasteiger partial charge in [-0.3, -0.25) is 9.59 Å². The molecule has 0 aliphatic heterocycles. The van der Waals surface area contributed by atoms with Crippen molar-refractivity contribution in [2.75, 3.05) is 11.9 Å². The molecular weight excluding hydrogens is 266 g/mol. The first-order valence-corrected chi connectivity index (χ1v) is 6.38. The number of benzene rings is 1. The van der Waals surface area contributed by atoms with Crippen LogP contribution in [0, 0.1) is 6.92 Å². The number of hydrogen-bond acceptors (Lipinski definition) is 3. The van der Waals surface area contributed by atoms with Gasteiger partial charge in [-0.25, -0.2) is 0 Å². The summed E-state index contributed by atoms with van der Waals surface area (Å²) in [6.07, 6.45) is 0.185. The van der Waals surface area contributed by atoms with Crippen LogP contribution in [0.2, 0.25) is 5.02 Å². The minimum absolute atomic E-state index is 0.185. The summed E-state index contributed by atoms with van der Waals surface area (Å²) in [7, 11) is 0. The summed E-state index contributed by atoms with van der Waals surface area (Å²) in [6, 6.07) is 4.73. The molecule has 4 N–H and O–H groups in total. The predicted molar refractivity (Wildman–Crippen MR) is 76.1 cm³/mol. The van der Waals surface area contributed by atoms with Gasteiger partial charge in [-0.05, 0) is 31.5 Å². The number of halogens is 1. The van der Waals surface area contributed by atoms with Crippen LogP contribution in [-0.4, -0.2) is 24.4 Å². The zero-order chi connectivity index (χ0) is 14.4. The molecule has 2 amide bonds. The number of nitrogens with one attached hydrogen (secondary N) is 2. The lowest BCUT2D eigenvalue weighted by molar-refractivity contribution is -0.122. The van der Waals surface area contributed by atoms with E-state index in [1.54, 1.807) is 25.1 Å². The molecular formula is C13H18ClN3O2. The zero-order valence-corrected chi connectivity index (χ0v) is 11.8. The maximum atomic E-state index is 11.7. The van der Waals surface area contributed by atoms with E-state index in [0.717, 1.165) is 5.56 Å². The van der Waals surface area contributed by atoms with Gasteiger partial charge >= 0.3 is 0 Å². The van der Waals surface area contributed by atoms with E-state index in [1.807, 2.05) is 6.92 Å². The van der Waals surface area contributed by atoms with Crippen LogP contribution in [0.5, 0.6) is 0 Å². The molecule has 0 unspecified atom stereocenters. The monoisotopic (exact) mass is 283 g/mol. The topological polar surface area (TPSA) is 84.2 Å². The maximum Gasteiger partial charge on any atom is 0.236 e. The van der Waals surface area contributed by atoms with Crippen molar-refractivity contribution in [1.82, 2.24) is 5.32 Å². The summed E-state index contributed by atoms with van der Waals surface area (Å²) >= 11 is 5.96. The van der Waals surface area contributed by atoms with Crippen molar-refractivity contribution in [3.05, 3.63) is 28.8 Å². The second-order valence-electron chi connectivity index (χ2n) is 4.29. The molecule has 0 fully saturated rings. The molecule has 0 aromatic heterocycles. The van der Waals surface area contributed by atoms with Crippen LogP contribution in [0.4, 0.5) is 5.69 Å². The Morgan fingerprint density at radius 1 is 1.42 bits per heavy atom. The number of hydrogen-bond donors (Lipinski definition) is 3. The Kier molecular flexibility index (Phi) is 5.79. The van der Waals surface area contributed by atoms with E-state index in [9.17, 15) is 9.59 Å². The van der Waals surface area contributed by atoms with Gasteiger partial charge in [0, 0.05) is 23.7 Å². The van der Waals surface area contributed by atoms with E-state index in [2.05, 4.69) is 10.6 Å². The normalized spacial score (nSPS) is 11.8. The molecule has 0 saturated carbocycles. The fraction of sp³-hybridized carbons (Fsp3) is 0.385. The minimum atomic E-state index is -0.571. The molecule has 5 nitrogen and oxygen atoms in total. The van der Waals surface area contributed by atoms with E-state index < -0.39 is 6.04 Å². The van der Waals surface area contributed by atoms with Gasteiger partial charge in [0.2, 0.25) is 11.8 Å². The Morgan fingerprint density at radius 2 is 2.11 bits per heavy atom. The average molecular weight is 284 g/mol. The summed E-state index contributed by atoms with van der Waals surface area (Å²) in [5.41, 5.74) is 6.88. The molecule has 0 aliphatic carbocycles. The Balaban J connectivity index is 2.44. The molecule has 1 aromatic carbocycles. The van der Waals surface area contributed by atoms with Gasteiger partial charge in [-0.2, -0.15) is 0 Å². The first kappa shape index (κ1) is 15.5. The Labute approximate surface area is 117 Å². The molecule has 104 valence electrons. The van der Waals surface area contributed by atoms with Gasteiger partial charge in [0.1, 0.15) is 0 Å². The highest BCUT2D eigenvalue weighted by Gasteiger charge is 2.09. The summed E-state index contributed by atoms with van der Waals surface area (Å²) in [6.45, 7) is 3.67. The number of amides is 2. The van der Waals surface area contributed by atoms with Crippen molar-refractivity contribution in [1.29, 1.82) is 0 Å². The third kappa shape index (κ3) is 4.89. The van der Waals surface area contributed by atoms with Crippen LogP contribution in [0.25, 0.3) is 0 Å². The van der Waals surface area contributed by atoms with Crippen molar-refractivity contribution in [3.8, 4) is 0 Å². The molecule has 1 aromatic rings. The van der Waals surface area contributed by atoms with Crippen LogP contribution in [-0.2, 0) is 9.59 Å². The van der Waals surface area contributed by atoms with Gasteiger partial charge in [0.05, 0.1) is 6.04 Å². The van der Waals surface area contributed by atoms with E-state index >= 15 is 0 Å². The fourth-order valence-electron chi connectivity index (χ4n) is 1.42. The van der Waals surface area contributed by atoms with Crippen LogP contribution >= 0.6 is 11.6 Å². The van der Waals surface area contributed by atoms with Crippen molar-refractivity contribution in [2.45, 2.75) is 26.3 Å². The number of rotatable bonds is 5. The zero-order valence-electron chi connectivity index (χ0n) is 11.0. The molecule has 0 radical (unpaired) electrons. The summed E-state index contributed by atoms with van der Waals surface area (Å²) < 4.78 is 0. The minimum Gasteiger partial charge on any atom is -0.354 e. The van der Waals surface area contributed by atoms with Crippen molar-refractivity contribution in [3.63, 3.8) is 0 Å². The molecule has 0 bridgehead atoms. The second kappa shape index (κ2) is 7.11. The number of carbonyl (C=O) groups excluding carboxylic acids is 2. The maximum absolute atomic E-state index is 11.7. The lowest BCUT2D eigenvalue weighted by atomic mass is 10.2. The fourth-order valence-corrected chi connectivity index (χ4v) is 1.59. The highest BCUT2D eigenvalue weighted by Crippen LogP contribution is 2.22. The highest BCUT2D eigenvalue weighted by molar-refractivity contribution is 6.31. The van der Waals surface area contributed by atoms with E-state index in [-0.39, 0.29) is 24.8 Å². The smallest absolute Gasteiger partial charge is 0.236 e. The lowest BCUT2D eigenvalue weighted by Gasteiger charge is -2.10. The summed E-state index contributed by atoms with van der Waals surface area (Å²) in [5.74, 6) is -0.456. The number of nitrogens with two attached hydrogens (primary N) is 1. The predicted octanol–water partition coefficient (Wildman–Crippen LogP) is 1.44. The SMILES string of the molecule is Cc1c(Cl)cccc1NC(=O)CCNC(=O)[C@H](C)N. The molecule has 0 aliphatic rings. The van der Waals surface area contributed by atoms with Crippen LogP contribution in [0.3, 0.4) is 0 Å². The van der Waals surface area contributed by atoms with Crippen LogP contribution in [0.15, 0.2) is 18.2 Å². The first-order valence-electron chi connectivity index (χ1n) is 6.00. The molecule has 6 heteroatoms. The quantitative estimate of drug-likeness (QED) is 0.764. The van der Waals surface area contributed by atoms with E-state index in [1.165, 1.54) is 0 Å². The first-order chi connectivity index (χ1) is 8.91. The van der Waals surface area contributed by atoms with Gasteiger partial charge in [-0.15, -0.1) is 0 Å². The van der Waals surface area contributed by atoms with Gasteiger partial charge < -0.3 is 16.4 Å². The highest BCUT2D eigenvalue weighted by atomic mass is 35.5. The molecule has 1 atom stereocenters. The molecule has 0 spiro atoms. The number of anilines is 1. The van der Waals surface area contributed by atoms with Crippen LogP contribution in [0.1, 0.15) is 18.9 Å². The van der Waals surface area contributed by atoms with Crippen LogP contribution < -0.4 is 16.4 Å². The van der Waals surface area contributed by atoms with Crippen molar-refractivity contribution >= 4 is 29.1 Å². The Bertz CT molecular complexity index is 475. The third-order valence-electron chi connectivity index (χ3n) is 2.61. The van der Waals surface area contributed by atoms with E-state index in [0.29, 0.717) is 10.7 Å². The second-order valence-corrected chi connectivity index (χ2v) is 4.70. The molecule has 19 heavy (non-hydrogen) atoms. The molecule has 0 heterocycles. The van der Waals surface area contributed by atoms with E-state index in [4.69, 9.17) is 17.3 Å². The third-order valence-corrected chi connectivity index (χ3v) is 3.02. The summed E-state index contributed by atoms with van der Waals surface area (Å²) in [4.78, 5) is 22.9. The van der Waals surface area contributed by atoms with Crippen molar-refractivity contribution < 1.29 is 9.59 Å². The Hall–Kier alpha value is -1.59. The molecule has 1 rings (SSSR count). The standard InChI is InChI=1S/C13H18ClN3O2/c1-8-10(14)4-3-5-11(8)17-12(18)6-7-16-13(19)9(2)15/h3-5,9H,6-7,15H2,1-2H3,(H,16,19)(H,17,18)/t9-/m0/s1. The largest absolute Gasteiger partial charge is 0.354 e. The van der Waals surface area contributed by atoms with Crippen molar-refractivity contribution in [2.24, 2.45) is 5.73 Å². The average Bonchev–Trinajstić information content (AvgIpc) is 2.34. The van der Waals surface area contributed by atoms with Gasteiger partial charge in [-0.1, -0.05) is 17.7 Å². The van der Waals surface area contributed by atoms with Gasteiger partial charge in [0.15, 0.2) is 0 Å². The number of carbonyl (C=O) groups is 2. The lowest BCUT2D eigenvalue weighted by Crippen LogP contribution is -2.39. The van der Waals surface area contributed by atoms with Gasteiger partial charge in [0.25, 0.3) is 0 Å². The Morgan fingerprint density at radius 3 is 2.74 bits per heavy atom. The summed E-state index contributed by atoms with van der Waals surface area (Å²) in [5, 5.41) is 5.92.